The first kappa shape index (κ1) is 10.4. The van der Waals surface area contributed by atoms with Crippen LogP contribution in [0.3, 0.4) is 0 Å². The largest absolute Gasteiger partial charge is 0.395 e. The fourth-order valence-electron chi connectivity index (χ4n) is 2.24. The highest BCUT2D eigenvalue weighted by molar-refractivity contribution is 4.84. The van der Waals surface area contributed by atoms with Crippen molar-refractivity contribution in [3.05, 3.63) is 0 Å². The first-order valence-electron chi connectivity index (χ1n) is 5.48. The third kappa shape index (κ3) is 2.25. The molecule has 82 valence electrons. The predicted octanol–water partition coefficient (Wildman–Crippen LogP) is 0.254. The second-order valence-electron chi connectivity index (χ2n) is 4.10. The standard InChI is InChI=1S/C10H19NO3/c12-6-5-11-7-9-8-13-10(14-9)3-1-2-4-10/h9,11-12H,1-8H2. The zero-order valence-electron chi connectivity index (χ0n) is 8.50. The summed E-state index contributed by atoms with van der Waals surface area (Å²) < 4.78 is 11.6. The molecule has 1 saturated heterocycles. The minimum absolute atomic E-state index is 0.166. The lowest BCUT2D eigenvalue weighted by molar-refractivity contribution is -0.161. The molecule has 2 fully saturated rings. The molecule has 14 heavy (non-hydrogen) atoms. The van der Waals surface area contributed by atoms with Crippen molar-refractivity contribution in [3.8, 4) is 0 Å². The normalized spacial score (nSPS) is 30.2. The third-order valence-corrected chi connectivity index (χ3v) is 2.94. The fourth-order valence-corrected chi connectivity index (χ4v) is 2.24. The highest BCUT2D eigenvalue weighted by Gasteiger charge is 2.43. The molecule has 2 rings (SSSR count). The summed E-state index contributed by atoms with van der Waals surface area (Å²) in [5, 5.41) is 11.7. The van der Waals surface area contributed by atoms with E-state index in [2.05, 4.69) is 5.32 Å². The molecule has 0 bridgehead atoms. The van der Waals surface area contributed by atoms with E-state index in [-0.39, 0.29) is 18.5 Å². The monoisotopic (exact) mass is 201 g/mol. The van der Waals surface area contributed by atoms with Crippen molar-refractivity contribution in [2.24, 2.45) is 0 Å². The molecule has 4 nitrogen and oxygen atoms in total. The van der Waals surface area contributed by atoms with Gasteiger partial charge in [-0.1, -0.05) is 0 Å². The summed E-state index contributed by atoms with van der Waals surface area (Å²) in [6.07, 6.45) is 4.69. The summed E-state index contributed by atoms with van der Waals surface area (Å²) in [7, 11) is 0. The average Bonchev–Trinajstić information content (AvgIpc) is 2.79. The SMILES string of the molecule is OCCNCC1COC2(CCCC2)O1. The molecule has 1 unspecified atom stereocenters. The van der Waals surface area contributed by atoms with E-state index in [1.807, 2.05) is 0 Å². The number of aliphatic hydroxyl groups is 1. The van der Waals surface area contributed by atoms with Crippen LogP contribution in [0.25, 0.3) is 0 Å². The first-order valence-corrected chi connectivity index (χ1v) is 5.48. The molecule has 1 aliphatic heterocycles. The first-order chi connectivity index (χ1) is 6.85. The number of aliphatic hydroxyl groups excluding tert-OH is 1. The van der Waals surface area contributed by atoms with Gasteiger partial charge in [-0.2, -0.15) is 0 Å². The van der Waals surface area contributed by atoms with E-state index in [0.717, 1.165) is 19.4 Å². The summed E-state index contributed by atoms with van der Waals surface area (Å²) in [5.41, 5.74) is 0. The van der Waals surface area contributed by atoms with Gasteiger partial charge in [0.2, 0.25) is 0 Å². The van der Waals surface area contributed by atoms with E-state index in [4.69, 9.17) is 14.6 Å². The molecule has 1 aliphatic carbocycles. The Balaban J connectivity index is 1.71. The number of ether oxygens (including phenoxy) is 2. The van der Waals surface area contributed by atoms with Gasteiger partial charge < -0.3 is 19.9 Å². The van der Waals surface area contributed by atoms with E-state index in [1.165, 1.54) is 12.8 Å². The maximum absolute atomic E-state index is 8.61. The van der Waals surface area contributed by atoms with E-state index < -0.39 is 0 Å². The molecule has 1 atom stereocenters. The Hall–Kier alpha value is -0.160. The minimum atomic E-state index is -0.244. The van der Waals surface area contributed by atoms with Crippen LogP contribution in [0.5, 0.6) is 0 Å². The van der Waals surface area contributed by atoms with Crippen LogP contribution in [0, 0.1) is 0 Å². The van der Waals surface area contributed by atoms with Crippen molar-refractivity contribution < 1.29 is 14.6 Å². The molecule has 4 heteroatoms. The molecule has 1 saturated carbocycles. The second kappa shape index (κ2) is 4.57. The Bertz CT molecular complexity index is 180. The molecule has 0 radical (unpaired) electrons. The fraction of sp³-hybridized carbons (Fsp3) is 1.00. The Kier molecular flexibility index (Phi) is 3.38. The van der Waals surface area contributed by atoms with Crippen LogP contribution in [0.4, 0.5) is 0 Å². The number of hydrogen-bond donors (Lipinski definition) is 2. The van der Waals surface area contributed by atoms with Crippen LogP contribution in [0.1, 0.15) is 25.7 Å². The lowest BCUT2D eigenvalue weighted by Crippen LogP contribution is -2.33. The van der Waals surface area contributed by atoms with E-state index in [9.17, 15) is 0 Å². The lowest BCUT2D eigenvalue weighted by Gasteiger charge is -2.21. The maximum Gasteiger partial charge on any atom is 0.168 e. The van der Waals surface area contributed by atoms with Gasteiger partial charge in [0.15, 0.2) is 5.79 Å². The van der Waals surface area contributed by atoms with E-state index in [1.54, 1.807) is 0 Å². The molecule has 0 aromatic carbocycles. The van der Waals surface area contributed by atoms with Crippen molar-refractivity contribution in [1.82, 2.24) is 5.32 Å². The van der Waals surface area contributed by atoms with Crippen LogP contribution in [0.2, 0.25) is 0 Å². The summed E-state index contributed by atoms with van der Waals surface area (Å²) in [6, 6.07) is 0. The summed E-state index contributed by atoms with van der Waals surface area (Å²) >= 11 is 0. The molecular weight excluding hydrogens is 182 g/mol. The van der Waals surface area contributed by atoms with Crippen molar-refractivity contribution in [1.29, 1.82) is 0 Å². The quantitative estimate of drug-likeness (QED) is 0.640. The zero-order valence-corrected chi connectivity index (χ0v) is 8.50. The highest BCUT2D eigenvalue weighted by atomic mass is 16.7. The van der Waals surface area contributed by atoms with Gasteiger partial charge in [-0.25, -0.2) is 0 Å². The molecule has 2 aliphatic rings. The van der Waals surface area contributed by atoms with Crippen LogP contribution in [0.15, 0.2) is 0 Å². The predicted molar refractivity (Wildman–Crippen MR) is 52.0 cm³/mol. The molecule has 0 amide bonds. The van der Waals surface area contributed by atoms with Crippen LogP contribution < -0.4 is 5.32 Å². The minimum Gasteiger partial charge on any atom is -0.395 e. The summed E-state index contributed by atoms with van der Waals surface area (Å²) in [5.74, 6) is -0.244. The molecule has 0 aromatic rings. The van der Waals surface area contributed by atoms with Gasteiger partial charge in [-0.05, 0) is 12.8 Å². The summed E-state index contributed by atoms with van der Waals surface area (Å²) in [4.78, 5) is 0. The Morgan fingerprint density at radius 2 is 2.14 bits per heavy atom. The van der Waals surface area contributed by atoms with Crippen molar-refractivity contribution in [2.75, 3.05) is 26.3 Å². The Morgan fingerprint density at radius 1 is 1.36 bits per heavy atom. The zero-order chi connectivity index (χ0) is 9.86. The number of rotatable bonds is 4. The highest BCUT2D eigenvalue weighted by Crippen LogP contribution is 2.38. The molecular formula is C10H19NO3. The molecule has 2 N–H and O–H groups in total. The molecule has 1 heterocycles. The maximum atomic E-state index is 8.61. The number of hydrogen-bond acceptors (Lipinski definition) is 4. The van der Waals surface area contributed by atoms with Gasteiger partial charge in [0.1, 0.15) is 0 Å². The van der Waals surface area contributed by atoms with Gasteiger partial charge in [0.05, 0.1) is 19.3 Å². The van der Waals surface area contributed by atoms with Crippen molar-refractivity contribution >= 4 is 0 Å². The second-order valence-corrected chi connectivity index (χ2v) is 4.10. The van der Waals surface area contributed by atoms with E-state index >= 15 is 0 Å². The van der Waals surface area contributed by atoms with Crippen molar-refractivity contribution in [2.45, 2.75) is 37.6 Å². The average molecular weight is 201 g/mol. The van der Waals surface area contributed by atoms with Gasteiger partial charge in [-0.3, -0.25) is 0 Å². The molecule has 0 aromatic heterocycles. The smallest absolute Gasteiger partial charge is 0.168 e. The van der Waals surface area contributed by atoms with Gasteiger partial charge in [-0.15, -0.1) is 0 Å². The Labute approximate surface area is 84.6 Å². The summed E-state index contributed by atoms with van der Waals surface area (Å²) in [6.45, 7) is 2.28. The topological polar surface area (TPSA) is 50.7 Å². The van der Waals surface area contributed by atoms with Crippen LogP contribution >= 0.6 is 0 Å². The third-order valence-electron chi connectivity index (χ3n) is 2.94. The van der Waals surface area contributed by atoms with Gasteiger partial charge in [0.25, 0.3) is 0 Å². The Morgan fingerprint density at radius 3 is 2.86 bits per heavy atom. The van der Waals surface area contributed by atoms with Crippen molar-refractivity contribution in [3.63, 3.8) is 0 Å². The molecule has 1 spiro atoms. The van der Waals surface area contributed by atoms with Crippen LogP contribution in [-0.2, 0) is 9.47 Å². The lowest BCUT2D eigenvalue weighted by atomic mass is 10.2. The number of nitrogens with one attached hydrogen (secondary N) is 1. The van der Waals surface area contributed by atoms with Crippen LogP contribution in [-0.4, -0.2) is 43.3 Å². The van der Waals surface area contributed by atoms with E-state index in [0.29, 0.717) is 13.2 Å². The van der Waals surface area contributed by atoms with Gasteiger partial charge in [0, 0.05) is 25.9 Å². The van der Waals surface area contributed by atoms with Gasteiger partial charge >= 0.3 is 0 Å².